The van der Waals surface area contributed by atoms with Gasteiger partial charge in [-0.1, -0.05) is 29.8 Å². The van der Waals surface area contributed by atoms with E-state index in [9.17, 15) is 4.79 Å². The Kier molecular flexibility index (Phi) is 3.63. The normalized spacial score (nSPS) is 14.4. The van der Waals surface area contributed by atoms with Crippen LogP contribution in [-0.4, -0.2) is 12.4 Å². The van der Waals surface area contributed by atoms with Gasteiger partial charge in [0.2, 0.25) is 5.78 Å². The first-order chi connectivity index (χ1) is 10.7. The summed E-state index contributed by atoms with van der Waals surface area (Å²) in [6, 6.07) is 14.7. The maximum Gasteiger partial charge on any atom is 0.231 e. The number of hydrogen-bond donors (Lipinski definition) is 0. The zero-order valence-corrected chi connectivity index (χ0v) is 12.0. The molecule has 3 rings (SSSR count). The van der Waals surface area contributed by atoms with Crippen molar-refractivity contribution in [3.05, 3.63) is 64.9 Å². The summed E-state index contributed by atoms with van der Waals surface area (Å²) in [5.74, 6) is 1.10. The molecular weight excluding hydrogens is 278 g/mol. The van der Waals surface area contributed by atoms with Crippen LogP contribution in [0.5, 0.6) is 11.5 Å². The Morgan fingerprint density at radius 3 is 2.91 bits per heavy atom. The standard InChI is InChI=1S/C18H13NO3/c1-12-3-2-4-13(9-12)10-17-18(20)15-6-5-14(21-8-7-19)11-16(15)22-17/h2-6,9-11H,8H2,1H3. The third kappa shape index (κ3) is 2.70. The number of nitriles is 1. The molecule has 4 heteroatoms. The second-order valence-corrected chi connectivity index (χ2v) is 4.96. The number of rotatable bonds is 3. The summed E-state index contributed by atoms with van der Waals surface area (Å²) in [5.41, 5.74) is 2.53. The quantitative estimate of drug-likeness (QED) is 0.812. The lowest BCUT2D eigenvalue weighted by atomic mass is 10.1. The molecule has 0 fully saturated rings. The highest BCUT2D eigenvalue weighted by Crippen LogP contribution is 2.34. The van der Waals surface area contributed by atoms with E-state index in [0.717, 1.165) is 11.1 Å². The van der Waals surface area contributed by atoms with Gasteiger partial charge in [0.05, 0.1) is 5.56 Å². The molecule has 1 heterocycles. The minimum Gasteiger partial charge on any atom is -0.479 e. The predicted molar refractivity (Wildman–Crippen MR) is 81.7 cm³/mol. The summed E-state index contributed by atoms with van der Waals surface area (Å²) in [6.45, 7) is 1.95. The molecule has 0 unspecified atom stereocenters. The average molecular weight is 291 g/mol. The number of ketones is 1. The third-order valence-electron chi connectivity index (χ3n) is 3.28. The molecule has 1 aliphatic heterocycles. The van der Waals surface area contributed by atoms with Gasteiger partial charge in [-0.05, 0) is 30.7 Å². The van der Waals surface area contributed by atoms with Crippen LogP contribution in [0.2, 0.25) is 0 Å². The summed E-state index contributed by atoms with van der Waals surface area (Å²) in [4.78, 5) is 12.3. The molecule has 0 amide bonds. The van der Waals surface area contributed by atoms with E-state index in [4.69, 9.17) is 14.7 Å². The summed E-state index contributed by atoms with van der Waals surface area (Å²) in [5, 5.41) is 8.52. The molecule has 0 bridgehead atoms. The van der Waals surface area contributed by atoms with Gasteiger partial charge in [-0.25, -0.2) is 0 Å². The van der Waals surface area contributed by atoms with Crippen molar-refractivity contribution in [1.82, 2.24) is 0 Å². The Bertz CT molecular complexity index is 815. The molecule has 1 aliphatic rings. The maximum atomic E-state index is 12.3. The van der Waals surface area contributed by atoms with E-state index in [-0.39, 0.29) is 18.1 Å². The monoisotopic (exact) mass is 291 g/mol. The Labute approximate surface area is 128 Å². The minimum atomic E-state index is -0.150. The summed E-state index contributed by atoms with van der Waals surface area (Å²) in [7, 11) is 0. The number of ether oxygens (including phenoxy) is 2. The van der Waals surface area contributed by atoms with Crippen LogP contribution in [0.15, 0.2) is 48.2 Å². The molecule has 0 aromatic heterocycles. The topological polar surface area (TPSA) is 59.3 Å². The summed E-state index contributed by atoms with van der Waals surface area (Å²) in [6.07, 6.45) is 1.73. The smallest absolute Gasteiger partial charge is 0.231 e. The van der Waals surface area contributed by atoms with E-state index in [1.807, 2.05) is 37.3 Å². The summed E-state index contributed by atoms with van der Waals surface area (Å²) >= 11 is 0. The SMILES string of the molecule is Cc1cccc(C=C2Oc3cc(OCC#N)ccc3C2=O)c1. The molecule has 0 spiro atoms. The molecule has 2 aromatic rings. The number of carbonyl (C=O) groups is 1. The van der Waals surface area contributed by atoms with Crippen LogP contribution in [0.4, 0.5) is 0 Å². The number of benzene rings is 2. The molecule has 0 atom stereocenters. The first-order valence-corrected chi connectivity index (χ1v) is 6.82. The van der Waals surface area contributed by atoms with Crippen LogP contribution < -0.4 is 9.47 Å². The van der Waals surface area contributed by atoms with Gasteiger partial charge in [-0.3, -0.25) is 4.79 Å². The fourth-order valence-corrected chi connectivity index (χ4v) is 2.28. The number of Topliss-reactive ketones (excluding diaryl/α,β-unsaturated/α-hetero) is 1. The van der Waals surface area contributed by atoms with Gasteiger partial charge >= 0.3 is 0 Å². The fourth-order valence-electron chi connectivity index (χ4n) is 2.28. The molecule has 0 saturated heterocycles. The Balaban J connectivity index is 1.89. The van der Waals surface area contributed by atoms with Crippen molar-refractivity contribution >= 4 is 11.9 Å². The fraction of sp³-hybridized carbons (Fsp3) is 0.111. The second kappa shape index (κ2) is 5.74. The highest BCUT2D eigenvalue weighted by atomic mass is 16.5. The Morgan fingerprint density at radius 2 is 2.14 bits per heavy atom. The molecule has 108 valence electrons. The van der Waals surface area contributed by atoms with Crippen LogP contribution >= 0.6 is 0 Å². The van der Waals surface area contributed by atoms with Gasteiger partial charge in [0.15, 0.2) is 12.4 Å². The molecule has 22 heavy (non-hydrogen) atoms. The Hall–Kier alpha value is -3.06. The van der Waals surface area contributed by atoms with Gasteiger partial charge in [0.25, 0.3) is 0 Å². The van der Waals surface area contributed by atoms with Crippen molar-refractivity contribution < 1.29 is 14.3 Å². The van der Waals surface area contributed by atoms with Crippen LogP contribution in [0, 0.1) is 18.3 Å². The molecule has 2 aromatic carbocycles. The molecule has 0 aliphatic carbocycles. The van der Waals surface area contributed by atoms with Crippen molar-refractivity contribution in [2.24, 2.45) is 0 Å². The van der Waals surface area contributed by atoms with Crippen LogP contribution in [0.1, 0.15) is 21.5 Å². The molecular formula is C18H13NO3. The van der Waals surface area contributed by atoms with Gasteiger partial charge in [0.1, 0.15) is 17.6 Å². The van der Waals surface area contributed by atoms with Crippen molar-refractivity contribution in [1.29, 1.82) is 5.26 Å². The van der Waals surface area contributed by atoms with Crippen LogP contribution in [0.3, 0.4) is 0 Å². The van der Waals surface area contributed by atoms with Gasteiger partial charge < -0.3 is 9.47 Å². The highest BCUT2D eigenvalue weighted by Gasteiger charge is 2.27. The van der Waals surface area contributed by atoms with E-state index in [2.05, 4.69) is 0 Å². The number of nitrogens with zero attached hydrogens (tertiary/aromatic N) is 1. The largest absolute Gasteiger partial charge is 0.479 e. The van der Waals surface area contributed by atoms with E-state index in [1.165, 1.54) is 0 Å². The molecule has 0 N–H and O–H groups in total. The van der Waals surface area contributed by atoms with E-state index in [1.54, 1.807) is 24.3 Å². The minimum absolute atomic E-state index is 0.0429. The third-order valence-corrected chi connectivity index (χ3v) is 3.28. The van der Waals surface area contributed by atoms with E-state index >= 15 is 0 Å². The van der Waals surface area contributed by atoms with E-state index < -0.39 is 0 Å². The zero-order chi connectivity index (χ0) is 15.5. The lowest BCUT2D eigenvalue weighted by molar-refractivity contribution is 0.101. The molecule has 0 radical (unpaired) electrons. The Morgan fingerprint density at radius 1 is 1.27 bits per heavy atom. The number of hydrogen-bond acceptors (Lipinski definition) is 4. The second-order valence-electron chi connectivity index (χ2n) is 4.96. The average Bonchev–Trinajstić information content (AvgIpc) is 2.81. The van der Waals surface area contributed by atoms with Crippen molar-refractivity contribution in [3.63, 3.8) is 0 Å². The van der Waals surface area contributed by atoms with Gasteiger partial charge in [-0.15, -0.1) is 0 Å². The van der Waals surface area contributed by atoms with Crippen molar-refractivity contribution in [2.45, 2.75) is 6.92 Å². The molecule has 4 nitrogen and oxygen atoms in total. The predicted octanol–water partition coefficient (Wildman–Crippen LogP) is 3.51. The number of aryl methyl sites for hydroxylation is 1. The van der Waals surface area contributed by atoms with Crippen LogP contribution in [0.25, 0.3) is 6.08 Å². The van der Waals surface area contributed by atoms with Gasteiger partial charge in [-0.2, -0.15) is 5.26 Å². The van der Waals surface area contributed by atoms with Gasteiger partial charge in [0, 0.05) is 6.07 Å². The lowest BCUT2D eigenvalue weighted by Crippen LogP contribution is -1.98. The lowest BCUT2D eigenvalue weighted by Gasteiger charge is -2.03. The van der Waals surface area contributed by atoms with E-state index in [0.29, 0.717) is 17.1 Å². The van der Waals surface area contributed by atoms with Crippen molar-refractivity contribution in [2.75, 3.05) is 6.61 Å². The summed E-state index contributed by atoms with van der Waals surface area (Å²) < 4.78 is 10.8. The van der Waals surface area contributed by atoms with Crippen molar-refractivity contribution in [3.8, 4) is 17.6 Å². The number of allylic oxidation sites excluding steroid dienone is 1. The maximum absolute atomic E-state index is 12.3. The van der Waals surface area contributed by atoms with Crippen LogP contribution in [-0.2, 0) is 0 Å². The highest BCUT2D eigenvalue weighted by molar-refractivity contribution is 6.14. The number of fused-ring (bicyclic) bond motifs is 1. The number of carbonyl (C=O) groups excluding carboxylic acids is 1. The first kappa shape index (κ1) is 13.9. The zero-order valence-electron chi connectivity index (χ0n) is 12.0. The molecule has 0 saturated carbocycles. The first-order valence-electron chi connectivity index (χ1n) is 6.82.